The number of carbonyl (C=O) groups is 3. The number of carbonyl (C=O) groups excluding carboxylic acids is 3. The molecule has 0 aromatic heterocycles. The van der Waals surface area contributed by atoms with Crippen molar-refractivity contribution in [3.63, 3.8) is 0 Å². The molecule has 2 unspecified atom stereocenters. The van der Waals surface area contributed by atoms with E-state index in [-0.39, 0.29) is 18.2 Å². The van der Waals surface area contributed by atoms with Gasteiger partial charge in [0, 0.05) is 18.2 Å². The molecule has 1 aliphatic heterocycles. The van der Waals surface area contributed by atoms with Crippen LogP contribution in [-0.4, -0.2) is 23.6 Å². The van der Waals surface area contributed by atoms with Gasteiger partial charge in [-0.2, -0.15) is 0 Å². The summed E-state index contributed by atoms with van der Waals surface area (Å²) >= 11 is 0. The zero-order chi connectivity index (χ0) is 16.9. The van der Waals surface area contributed by atoms with E-state index in [4.69, 9.17) is 0 Å². The fraction of sp³-hybridized carbons (Fsp3) is 0.211. The lowest BCUT2D eigenvalue weighted by molar-refractivity contribution is -0.143. The molecule has 2 amide bonds. The molecule has 2 atom stereocenters. The van der Waals surface area contributed by atoms with Crippen molar-refractivity contribution < 1.29 is 14.4 Å². The molecule has 0 radical (unpaired) electrons. The second-order valence-electron chi connectivity index (χ2n) is 5.85. The van der Waals surface area contributed by atoms with Crippen molar-refractivity contribution in [1.82, 2.24) is 5.32 Å². The van der Waals surface area contributed by atoms with Crippen LogP contribution in [0, 0.1) is 5.92 Å². The van der Waals surface area contributed by atoms with Gasteiger partial charge in [0.1, 0.15) is 0 Å². The Kier molecular flexibility index (Phi) is 4.70. The van der Waals surface area contributed by atoms with E-state index in [2.05, 4.69) is 10.6 Å². The minimum Gasteiger partial charge on any atom is -0.352 e. The fourth-order valence-electron chi connectivity index (χ4n) is 2.87. The molecule has 5 nitrogen and oxygen atoms in total. The molecule has 0 spiro atoms. The van der Waals surface area contributed by atoms with Crippen LogP contribution in [-0.2, 0) is 20.8 Å². The summed E-state index contributed by atoms with van der Waals surface area (Å²) in [4.78, 5) is 36.8. The molecule has 3 rings (SSSR count). The first-order valence-corrected chi connectivity index (χ1v) is 7.86. The highest BCUT2D eigenvalue weighted by Crippen LogP contribution is 2.18. The molecule has 2 aromatic carbocycles. The van der Waals surface area contributed by atoms with Gasteiger partial charge in [-0.25, -0.2) is 0 Å². The second kappa shape index (κ2) is 7.08. The van der Waals surface area contributed by atoms with Crippen molar-refractivity contribution in [2.45, 2.75) is 18.9 Å². The normalized spacial score (nSPS) is 20.3. The minimum atomic E-state index is -1.28. The lowest BCUT2D eigenvalue weighted by Gasteiger charge is -2.27. The summed E-state index contributed by atoms with van der Waals surface area (Å²) in [6, 6.07) is 18.2. The average Bonchev–Trinajstić information content (AvgIpc) is 2.56. The van der Waals surface area contributed by atoms with E-state index >= 15 is 0 Å². The van der Waals surface area contributed by atoms with Crippen molar-refractivity contribution in [3.8, 4) is 0 Å². The maximum atomic E-state index is 12.3. The summed E-state index contributed by atoms with van der Waals surface area (Å²) in [5.41, 5.74) is 1.61. The molecule has 2 aromatic rings. The van der Waals surface area contributed by atoms with Gasteiger partial charge in [-0.05, 0) is 24.1 Å². The second-order valence-corrected chi connectivity index (χ2v) is 5.85. The third-order valence-corrected chi connectivity index (χ3v) is 4.01. The number of benzene rings is 2. The SMILES string of the molecule is O=C1CC(Cc2ccccc2)NC(=O)C1C(=O)Nc1ccccc1. The van der Waals surface area contributed by atoms with Gasteiger partial charge in [0.2, 0.25) is 11.8 Å². The fourth-order valence-corrected chi connectivity index (χ4v) is 2.87. The van der Waals surface area contributed by atoms with E-state index in [0.717, 1.165) is 5.56 Å². The molecule has 1 aliphatic rings. The summed E-state index contributed by atoms with van der Waals surface area (Å²) in [5, 5.41) is 5.41. The van der Waals surface area contributed by atoms with Gasteiger partial charge in [-0.15, -0.1) is 0 Å². The van der Waals surface area contributed by atoms with E-state index < -0.39 is 17.7 Å². The highest BCUT2D eigenvalue weighted by Gasteiger charge is 2.40. The summed E-state index contributed by atoms with van der Waals surface area (Å²) in [5.74, 6) is -2.73. The Labute approximate surface area is 140 Å². The number of para-hydroxylation sites is 1. The Hall–Kier alpha value is -2.95. The van der Waals surface area contributed by atoms with Crippen LogP contribution in [0.2, 0.25) is 0 Å². The summed E-state index contributed by atoms with van der Waals surface area (Å²) in [7, 11) is 0. The van der Waals surface area contributed by atoms with E-state index in [9.17, 15) is 14.4 Å². The van der Waals surface area contributed by atoms with Gasteiger partial charge in [-0.1, -0.05) is 48.5 Å². The molecule has 0 aliphatic carbocycles. The molecular formula is C19H18N2O3. The summed E-state index contributed by atoms with van der Waals surface area (Å²) in [6.45, 7) is 0. The summed E-state index contributed by atoms with van der Waals surface area (Å²) in [6.07, 6.45) is 0.735. The first-order chi connectivity index (χ1) is 11.6. The molecule has 122 valence electrons. The van der Waals surface area contributed by atoms with E-state index in [1.807, 2.05) is 36.4 Å². The maximum Gasteiger partial charge on any atom is 0.244 e. The first-order valence-electron chi connectivity index (χ1n) is 7.86. The Bertz CT molecular complexity index is 726. The maximum absolute atomic E-state index is 12.3. The number of anilines is 1. The van der Waals surface area contributed by atoms with Crippen molar-refractivity contribution in [1.29, 1.82) is 0 Å². The van der Waals surface area contributed by atoms with Gasteiger partial charge in [0.15, 0.2) is 11.7 Å². The molecule has 0 saturated carbocycles. The number of nitrogens with one attached hydrogen (secondary N) is 2. The number of Topliss-reactive ketones (excluding diaryl/α,β-unsaturated/α-hetero) is 1. The Morgan fingerprint density at radius 2 is 1.62 bits per heavy atom. The van der Waals surface area contributed by atoms with Crippen LogP contribution < -0.4 is 10.6 Å². The molecule has 0 bridgehead atoms. The highest BCUT2D eigenvalue weighted by molar-refractivity contribution is 6.22. The smallest absolute Gasteiger partial charge is 0.244 e. The predicted molar refractivity (Wildman–Crippen MR) is 90.3 cm³/mol. The predicted octanol–water partition coefficient (Wildman–Crippen LogP) is 1.94. The molecule has 24 heavy (non-hydrogen) atoms. The number of hydrogen-bond acceptors (Lipinski definition) is 3. The van der Waals surface area contributed by atoms with E-state index in [1.54, 1.807) is 24.3 Å². The Morgan fingerprint density at radius 3 is 2.25 bits per heavy atom. The number of hydrogen-bond donors (Lipinski definition) is 2. The van der Waals surface area contributed by atoms with Crippen molar-refractivity contribution in [2.24, 2.45) is 5.92 Å². The molecule has 1 fully saturated rings. The molecule has 5 heteroatoms. The van der Waals surface area contributed by atoms with Crippen molar-refractivity contribution >= 4 is 23.3 Å². The molecule has 1 heterocycles. The van der Waals surface area contributed by atoms with Crippen LogP contribution in [0.4, 0.5) is 5.69 Å². The van der Waals surface area contributed by atoms with Crippen LogP contribution >= 0.6 is 0 Å². The first kappa shape index (κ1) is 15.9. The third kappa shape index (κ3) is 3.68. The summed E-state index contributed by atoms with van der Waals surface area (Å²) < 4.78 is 0. The van der Waals surface area contributed by atoms with Gasteiger partial charge in [0.05, 0.1) is 0 Å². The largest absolute Gasteiger partial charge is 0.352 e. The highest BCUT2D eigenvalue weighted by atomic mass is 16.2. The van der Waals surface area contributed by atoms with Crippen molar-refractivity contribution in [2.75, 3.05) is 5.32 Å². The van der Waals surface area contributed by atoms with Gasteiger partial charge < -0.3 is 10.6 Å². The average molecular weight is 322 g/mol. The minimum absolute atomic E-state index is 0.160. The lowest BCUT2D eigenvalue weighted by atomic mass is 9.89. The van der Waals surface area contributed by atoms with Crippen LogP contribution in [0.25, 0.3) is 0 Å². The number of ketones is 1. The number of amides is 2. The molecular weight excluding hydrogens is 304 g/mol. The molecule has 2 N–H and O–H groups in total. The van der Waals surface area contributed by atoms with Gasteiger partial charge in [-0.3, -0.25) is 14.4 Å². The number of piperidine rings is 1. The topological polar surface area (TPSA) is 75.3 Å². The van der Waals surface area contributed by atoms with Crippen LogP contribution in [0.15, 0.2) is 60.7 Å². The standard InChI is InChI=1S/C19H18N2O3/c22-16-12-15(11-13-7-3-1-4-8-13)21-19(24)17(16)18(23)20-14-9-5-2-6-10-14/h1-10,15,17H,11-12H2,(H,20,23)(H,21,24). The zero-order valence-electron chi connectivity index (χ0n) is 13.1. The van der Waals surface area contributed by atoms with Gasteiger partial charge in [0.25, 0.3) is 0 Å². The lowest BCUT2D eigenvalue weighted by Crippen LogP contribution is -2.53. The quantitative estimate of drug-likeness (QED) is 0.845. The van der Waals surface area contributed by atoms with E-state index in [0.29, 0.717) is 12.1 Å². The van der Waals surface area contributed by atoms with Gasteiger partial charge >= 0.3 is 0 Å². The monoisotopic (exact) mass is 322 g/mol. The van der Waals surface area contributed by atoms with Crippen LogP contribution in [0.1, 0.15) is 12.0 Å². The number of rotatable bonds is 4. The Balaban J connectivity index is 1.64. The Morgan fingerprint density at radius 1 is 1.00 bits per heavy atom. The van der Waals surface area contributed by atoms with Crippen LogP contribution in [0.5, 0.6) is 0 Å². The molecule has 1 saturated heterocycles. The third-order valence-electron chi connectivity index (χ3n) is 4.01. The van der Waals surface area contributed by atoms with Crippen molar-refractivity contribution in [3.05, 3.63) is 66.2 Å². The van der Waals surface area contributed by atoms with E-state index in [1.165, 1.54) is 0 Å². The van der Waals surface area contributed by atoms with Crippen LogP contribution in [0.3, 0.4) is 0 Å². The zero-order valence-corrected chi connectivity index (χ0v) is 13.1.